The van der Waals surface area contributed by atoms with Crippen molar-refractivity contribution >= 4 is 49.3 Å². The molecule has 2 N–H and O–H groups in total. The van der Waals surface area contributed by atoms with Crippen LogP contribution in [0.15, 0.2) is 6.07 Å². The largest absolute Gasteiger partial charge is 0.375 e. The van der Waals surface area contributed by atoms with Crippen LogP contribution in [0.1, 0.15) is 16.7 Å². The molecule has 2 rings (SSSR count). The third kappa shape index (κ3) is 1.50. The molecular formula is C10H11IN2S. The Bertz CT molecular complexity index is 490. The molecule has 2 nitrogen and oxygen atoms in total. The number of halogens is 1. The number of nitrogen functional groups attached to an aromatic ring is 1. The molecule has 0 aliphatic heterocycles. The Morgan fingerprint density at radius 1 is 1.50 bits per heavy atom. The average Bonchev–Trinajstić information content (AvgIpc) is 2.54. The lowest BCUT2D eigenvalue weighted by Gasteiger charge is -2.04. The molecule has 1 aromatic heterocycles. The standard InChI is InChI=1S/C10H11IN2S/c1-5-3-7(4-11)6(2)9-8(5)13-10(12)14-9/h3H,4H2,1-2H3,(H2,12,13). The number of nitrogens with two attached hydrogens (primary N) is 1. The van der Waals surface area contributed by atoms with Crippen molar-refractivity contribution in [2.24, 2.45) is 0 Å². The van der Waals surface area contributed by atoms with Crippen LogP contribution < -0.4 is 5.73 Å². The van der Waals surface area contributed by atoms with Crippen LogP contribution in [0.25, 0.3) is 10.2 Å². The Morgan fingerprint density at radius 3 is 2.86 bits per heavy atom. The number of anilines is 1. The summed E-state index contributed by atoms with van der Waals surface area (Å²) in [6, 6.07) is 2.21. The molecule has 0 bridgehead atoms. The summed E-state index contributed by atoms with van der Waals surface area (Å²) in [4.78, 5) is 4.34. The van der Waals surface area contributed by atoms with E-state index in [-0.39, 0.29) is 0 Å². The Labute approximate surface area is 101 Å². The summed E-state index contributed by atoms with van der Waals surface area (Å²) < 4.78 is 2.28. The van der Waals surface area contributed by atoms with Gasteiger partial charge in [0.25, 0.3) is 0 Å². The highest BCUT2D eigenvalue weighted by Crippen LogP contribution is 2.32. The summed E-state index contributed by atoms with van der Waals surface area (Å²) in [5.41, 5.74) is 10.7. The lowest BCUT2D eigenvalue weighted by atomic mass is 10.1. The van der Waals surface area contributed by atoms with E-state index in [0.29, 0.717) is 5.13 Å². The van der Waals surface area contributed by atoms with E-state index < -0.39 is 0 Å². The van der Waals surface area contributed by atoms with E-state index in [1.54, 1.807) is 11.3 Å². The molecule has 0 spiro atoms. The second kappa shape index (κ2) is 3.66. The van der Waals surface area contributed by atoms with E-state index in [4.69, 9.17) is 5.73 Å². The molecule has 0 unspecified atom stereocenters. The Hall–Kier alpha value is -0.360. The third-order valence-corrected chi connectivity index (χ3v) is 4.20. The normalized spacial score (nSPS) is 11.1. The number of aromatic nitrogens is 1. The SMILES string of the molecule is Cc1cc(CI)c(C)c2sc(N)nc12. The van der Waals surface area contributed by atoms with Crippen LogP contribution >= 0.6 is 33.9 Å². The van der Waals surface area contributed by atoms with Crippen LogP contribution in [0.5, 0.6) is 0 Å². The molecule has 0 amide bonds. The van der Waals surface area contributed by atoms with Gasteiger partial charge in [0.2, 0.25) is 0 Å². The van der Waals surface area contributed by atoms with Crippen molar-refractivity contribution in [1.82, 2.24) is 4.98 Å². The van der Waals surface area contributed by atoms with Gasteiger partial charge in [0.05, 0.1) is 10.2 Å². The fourth-order valence-electron chi connectivity index (χ4n) is 1.58. The number of rotatable bonds is 1. The highest BCUT2D eigenvalue weighted by Gasteiger charge is 2.10. The van der Waals surface area contributed by atoms with E-state index in [9.17, 15) is 0 Å². The minimum atomic E-state index is 0.664. The number of hydrogen-bond donors (Lipinski definition) is 1. The first-order valence-electron chi connectivity index (χ1n) is 4.34. The molecule has 1 aromatic carbocycles. The van der Waals surface area contributed by atoms with Gasteiger partial charge in [0.1, 0.15) is 0 Å². The molecule has 0 saturated heterocycles. The molecule has 0 fully saturated rings. The summed E-state index contributed by atoms with van der Waals surface area (Å²) in [5.74, 6) is 0. The van der Waals surface area contributed by atoms with E-state index in [2.05, 4.69) is 47.5 Å². The van der Waals surface area contributed by atoms with Gasteiger partial charge in [-0.1, -0.05) is 40.0 Å². The zero-order valence-electron chi connectivity index (χ0n) is 8.10. The minimum Gasteiger partial charge on any atom is -0.375 e. The lowest BCUT2D eigenvalue weighted by Crippen LogP contribution is -1.88. The number of benzene rings is 1. The maximum Gasteiger partial charge on any atom is 0.181 e. The molecule has 1 heterocycles. The smallest absolute Gasteiger partial charge is 0.181 e. The third-order valence-electron chi connectivity index (χ3n) is 2.37. The van der Waals surface area contributed by atoms with Crippen LogP contribution in [0, 0.1) is 13.8 Å². The zero-order valence-corrected chi connectivity index (χ0v) is 11.1. The fraction of sp³-hybridized carbons (Fsp3) is 0.300. The van der Waals surface area contributed by atoms with E-state index in [1.807, 2.05) is 0 Å². The molecule has 0 radical (unpaired) electrons. The summed E-state index contributed by atoms with van der Waals surface area (Å²) in [6.45, 7) is 4.24. The zero-order chi connectivity index (χ0) is 10.3. The van der Waals surface area contributed by atoms with Gasteiger partial charge in [-0.3, -0.25) is 0 Å². The van der Waals surface area contributed by atoms with Crippen LogP contribution in [-0.2, 0) is 4.43 Å². The molecule has 0 aliphatic carbocycles. The fourth-order valence-corrected chi connectivity index (χ4v) is 3.31. The van der Waals surface area contributed by atoms with Gasteiger partial charge in [-0.05, 0) is 30.5 Å². The molecule has 4 heteroatoms. The number of hydrogen-bond acceptors (Lipinski definition) is 3. The Kier molecular flexibility index (Phi) is 2.66. The van der Waals surface area contributed by atoms with Crippen molar-refractivity contribution in [3.05, 3.63) is 22.8 Å². The van der Waals surface area contributed by atoms with Gasteiger partial charge in [-0.25, -0.2) is 4.98 Å². The average molecular weight is 318 g/mol. The van der Waals surface area contributed by atoms with Gasteiger partial charge in [0, 0.05) is 4.43 Å². The van der Waals surface area contributed by atoms with Gasteiger partial charge in [-0.15, -0.1) is 0 Å². The second-order valence-corrected chi connectivity index (χ2v) is 5.13. The van der Waals surface area contributed by atoms with E-state index >= 15 is 0 Å². The maximum absolute atomic E-state index is 5.73. The number of thiazole rings is 1. The summed E-state index contributed by atoms with van der Waals surface area (Å²) in [5, 5.41) is 0.664. The van der Waals surface area contributed by atoms with Gasteiger partial charge in [0.15, 0.2) is 5.13 Å². The quantitative estimate of drug-likeness (QED) is 0.646. The minimum absolute atomic E-state index is 0.664. The monoisotopic (exact) mass is 318 g/mol. The van der Waals surface area contributed by atoms with Crippen molar-refractivity contribution < 1.29 is 0 Å². The van der Waals surface area contributed by atoms with E-state index in [1.165, 1.54) is 21.4 Å². The predicted octanol–water partition coefficient (Wildman–Crippen LogP) is 3.43. The van der Waals surface area contributed by atoms with Gasteiger partial charge >= 0.3 is 0 Å². The van der Waals surface area contributed by atoms with Crippen molar-refractivity contribution in [3.63, 3.8) is 0 Å². The van der Waals surface area contributed by atoms with Crippen LogP contribution in [0.4, 0.5) is 5.13 Å². The molecular weight excluding hydrogens is 307 g/mol. The molecule has 2 aromatic rings. The van der Waals surface area contributed by atoms with Crippen molar-refractivity contribution in [3.8, 4) is 0 Å². The highest BCUT2D eigenvalue weighted by molar-refractivity contribution is 14.1. The van der Waals surface area contributed by atoms with Gasteiger partial charge in [-0.2, -0.15) is 0 Å². The highest BCUT2D eigenvalue weighted by atomic mass is 127. The summed E-state index contributed by atoms with van der Waals surface area (Å²) in [6.07, 6.45) is 0. The Morgan fingerprint density at radius 2 is 2.21 bits per heavy atom. The van der Waals surface area contributed by atoms with Crippen LogP contribution in [0.2, 0.25) is 0 Å². The maximum atomic E-state index is 5.73. The van der Waals surface area contributed by atoms with Crippen molar-refractivity contribution in [2.45, 2.75) is 18.3 Å². The van der Waals surface area contributed by atoms with Crippen LogP contribution in [0.3, 0.4) is 0 Å². The summed E-state index contributed by atoms with van der Waals surface area (Å²) in [7, 11) is 0. The predicted molar refractivity (Wildman–Crippen MR) is 71.2 cm³/mol. The van der Waals surface area contributed by atoms with Crippen molar-refractivity contribution in [2.75, 3.05) is 5.73 Å². The van der Waals surface area contributed by atoms with Gasteiger partial charge < -0.3 is 5.73 Å². The molecule has 0 saturated carbocycles. The first kappa shape index (κ1) is 10.2. The molecule has 0 atom stereocenters. The molecule has 74 valence electrons. The molecule has 14 heavy (non-hydrogen) atoms. The van der Waals surface area contributed by atoms with Crippen LogP contribution in [-0.4, -0.2) is 4.98 Å². The lowest BCUT2D eigenvalue weighted by molar-refractivity contribution is 1.32. The number of alkyl halides is 1. The van der Waals surface area contributed by atoms with E-state index in [0.717, 1.165) is 9.94 Å². The first-order valence-corrected chi connectivity index (χ1v) is 6.68. The van der Waals surface area contributed by atoms with Crippen molar-refractivity contribution in [1.29, 1.82) is 0 Å². The second-order valence-electron chi connectivity index (χ2n) is 3.34. The Balaban J connectivity index is 2.86. The topological polar surface area (TPSA) is 38.9 Å². The number of aryl methyl sites for hydroxylation is 2. The summed E-state index contributed by atoms with van der Waals surface area (Å²) >= 11 is 3.97. The number of fused-ring (bicyclic) bond motifs is 1. The number of nitrogens with zero attached hydrogens (tertiary/aromatic N) is 1. The first-order chi connectivity index (χ1) is 6.63. The molecule has 0 aliphatic rings.